The lowest BCUT2D eigenvalue weighted by molar-refractivity contribution is 0.165. The second-order valence-electron chi connectivity index (χ2n) is 4.40. The Labute approximate surface area is 121 Å². The SMILES string of the molecule is COCC(Cc1ccccc1)NCc1ncc(Br)[nH]1. The smallest absolute Gasteiger partial charge is 0.120 e. The molecule has 0 saturated carbocycles. The van der Waals surface area contributed by atoms with Crippen LogP contribution in [0.1, 0.15) is 11.4 Å². The van der Waals surface area contributed by atoms with Crippen molar-refractivity contribution in [3.8, 4) is 0 Å². The van der Waals surface area contributed by atoms with Gasteiger partial charge in [0.2, 0.25) is 0 Å². The molecule has 2 rings (SSSR count). The largest absolute Gasteiger partial charge is 0.383 e. The van der Waals surface area contributed by atoms with Crippen LogP contribution < -0.4 is 5.32 Å². The molecule has 1 aromatic carbocycles. The average molecular weight is 324 g/mol. The van der Waals surface area contributed by atoms with Crippen LogP contribution in [-0.2, 0) is 17.7 Å². The quantitative estimate of drug-likeness (QED) is 0.823. The van der Waals surface area contributed by atoms with Gasteiger partial charge in [0.05, 0.1) is 19.3 Å². The molecule has 0 radical (unpaired) electrons. The number of hydrogen-bond donors (Lipinski definition) is 2. The van der Waals surface area contributed by atoms with Crippen LogP contribution in [-0.4, -0.2) is 29.7 Å². The van der Waals surface area contributed by atoms with Crippen LogP contribution in [0.25, 0.3) is 0 Å². The van der Waals surface area contributed by atoms with Gasteiger partial charge in [-0.3, -0.25) is 0 Å². The van der Waals surface area contributed by atoms with Crippen molar-refractivity contribution in [2.75, 3.05) is 13.7 Å². The first-order valence-electron chi connectivity index (χ1n) is 6.23. The van der Waals surface area contributed by atoms with Crippen LogP contribution in [0.2, 0.25) is 0 Å². The van der Waals surface area contributed by atoms with Crippen molar-refractivity contribution < 1.29 is 4.74 Å². The van der Waals surface area contributed by atoms with Gasteiger partial charge in [0.25, 0.3) is 0 Å². The molecule has 0 saturated heterocycles. The van der Waals surface area contributed by atoms with E-state index in [2.05, 4.69) is 55.5 Å². The van der Waals surface area contributed by atoms with Crippen LogP contribution >= 0.6 is 15.9 Å². The van der Waals surface area contributed by atoms with Crippen LogP contribution in [0, 0.1) is 0 Å². The minimum atomic E-state index is 0.274. The summed E-state index contributed by atoms with van der Waals surface area (Å²) in [5, 5.41) is 3.46. The molecule has 2 aromatic rings. The molecule has 0 amide bonds. The third-order valence-corrected chi connectivity index (χ3v) is 3.25. The fourth-order valence-corrected chi connectivity index (χ4v) is 2.29. The lowest BCUT2D eigenvalue weighted by Crippen LogP contribution is -2.35. The Morgan fingerprint density at radius 3 is 2.79 bits per heavy atom. The van der Waals surface area contributed by atoms with Crippen molar-refractivity contribution in [3.63, 3.8) is 0 Å². The van der Waals surface area contributed by atoms with E-state index in [1.54, 1.807) is 13.3 Å². The zero-order chi connectivity index (χ0) is 13.5. The third kappa shape index (κ3) is 4.78. The van der Waals surface area contributed by atoms with E-state index < -0.39 is 0 Å². The minimum Gasteiger partial charge on any atom is -0.383 e. The van der Waals surface area contributed by atoms with Gasteiger partial charge in [-0.05, 0) is 27.9 Å². The summed E-state index contributed by atoms with van der Waals surface area (Å²) in [6.45, 7) is 1.38. The molecule has 5 heteroatoms. The average Bonchev–Trinajstić information content (AvgIpc) is 2.83. The van der Waals surface area contributed by atoms with Crippen molar-refractivity contribution in [1.82, 2.24) is 15.3 Å². The first-order chi connectivity index (χ1) is 9.28. The molecule has 19 heavy (non-hydrogen) atoms. The van der Waals surface area contributed by atoms with E-state index in [4.69, 9.17) is 4.74 Å². The number of aromatic amines is 1. The highest BCUT2D eigenvalue weighted by atomic mass is 79.9. The lowest BCUT2D eigenvalue weighted by atomic mass is 10.1. The zero-order valence-corrected chi connectivity index (χ0v) is 12.5. The maximum absolute atomic E-state index is 5.27. The molecule has 1 atom stereocenters. The lowest BCUT2D eigenvalue weighted by Gasteiger charge is -2.17. The van der Waals surface area contributed by atoms with Crippen molar-refractivity contribution in [3.05, 3.63) is 52.5 Å². The Balaban J connectivity index is 1.89. The van der Waals surface area contributed by atoms with Crippen LogP contribution in [0.3, 0.4) is 0 Å². The highest BCUT2D eigenvalue weighted by molar-refractivity contribution is 9.10. The molecule has 1 aromatic heterocycles. The summed E-state index contributed by atoms with van der Waals surface area (Å²) in [6, 6.07) is 10.7. The molecule has 0 aliphatic heterocycles. The summed E-state index contributed by atoms with van der Waals surface area (Å²) >= 11 is 3.35. The maximum atomic E-state index is 5.27. The first kappa shape index (κ1) is 14.2. The van der Waals surface area contributed by atoms with Gasteiger partial charge in [0.1, 0.15) is 10.4 Å². The highest BCUT2D eigenvalue weighted by Gasteiger charge is 2.09. The molecule has 1 heterocycles. The standard InChI is InChI=1S/C14H18BrN3O/c1-19-10-12(7-11-5-3-2-4-6-11)16-9-14-17-8-13(15)18-14/h2-6,8,12,16H,7,9-10H2,1H3,(H,17,18). The van der Waals surface area contributed by atoms with Gasteiger partial charge >= 0.3 is 0 Å². The van der Waals surface area contributed by atoms with Gasteiger partial charge < -0.3 is 15.0 Å². The number of ether oxygens (including phenoxy) is 1. The first-order valence-corrected chi connectivity index (χ1v) is 7.03. The summed E-state index contributed by atoms with van der Waals surface area (Å²) in [5.41, 5.74) is 1.30. The third-order valence-electron chi connectivity index (χ3n) is 2.85. The van der Waals surface area contributed by atoms with Gasteiger partial charge in [-0.15, -0.1) is 0 Å². The van der Waals surface area contributed by atoms with Crippen LogP contribution in [0.15, 0.2) is 41.1 Å². The molecule has 0 fully saturated rings. The number of nitrogens with one attached hydrogen (secondary N) is 2. The molecular formula is C14H18BrN3O. The van der Waals surface area contributed by atoms with E-state index in [9.17, 15) is 0 Å². The molecule has 0 aliphatic carbocycles. The molecular weight excluding hydrogens is 306 g/mol. The number of aromatic nitrogens is 2. The number of H-pyrrole nitrogens is 1. The van der Waals surface area contributed by atoms with E-state index in [0.717, 1.165) is 16.8 Å². The van der Waals surface area contributed by atoms with Crippen LogP contribution in [0.4, 0.5) is 0 Å². The topological polar surface area (TPSA) is 49.9 Å². The second kappa shape index (κ2) is 7.43. The minimum absolute atomic E-state index is 0.274. The summed E-state index contributed by atoms with van der Waals surface area (Å²) < 4.78 is 6.17. The van der Waals surface area contributed by atoms with Gasteiger partial charge in [0.15, 0.2) is 0 Å². The van der Waals surface area contributed by atoms with E-state index >= 15 is 0 Å². The molecule has 0 aliphatic rings. The number of imidazole rings is 1. The predicted molar refractivity (Wildman–Crippen MR) is 78.9 cm³/mol. The van der Waals surface area contributed by atoms with E-state index in [0.29, 0.717) is 13.2 Å². The predicted octanol–water partition coefficient (Wildman–Crippen LogP) is 2.52. The Bertz CT molecular complexity index is 486. The Kier molecular flexibility index (Phi) is 5.57. The van der Waals surface area contributed by atoms with Gasteiger partial charge in [-0.25, -0.2) is 4.98 Å². The number of benzene rings is 1. The van der Waals surface area contributed by atoms with Gasteiger partial charge in [0, 0.05) is 13.2 Å². The van der Waals surface area contributed by atoms with Crippen molar-refractivity contribution >= 4 is 15.9 Å². The summed E-state index contributed by atoms with van der Waals surface area (Å²) in [5.74, 6) is 0.918. The van der Waals surface area contributed by atoms with Crippen molar-refractivity contribution in [1.29, 1.82) is 0 Å². The van der Waals surface area contributed by atoms with E-state index in [-0.39, 0.29) is 6.04 Å². The summed E-state index contributed by atoms with van der Waals surface area (Å²) in [7, 11) is 1.73. The van der Waals surface area contributed by atoms with Gasteiger partial charge in [-0.1, -0.05) is 30.3 Å². The zero-order valence-electron chi connectivity index (χ0n) is 10.9. The molecule has 0 bridgehead atoms. The normalized spacial score (nSPS) is 12.5. The fraction of sp³-hybridized carbons (Fsp3) is 0.357. The maximum Gasteiger partial charge on any atom is 0.120 e. The molecule has 1 unspecified atom stereocenters. The Hall–Kier alpha value is -1.17. The monoisotopic (exact) mass is 323 g/mol. The fourth-order valence-electron chi connectivity index (χ4n) is 1.96. The molecule has 102 valence electrons. The highest BCUT2D eigenvalue weighted by Crippen LogP contribution is 2.06. The van der Waals surface area contributed by atoms with E-state index in [1.807, 2.05) is 6.07 Å². The number of nitrogens with zero attached hydrogens (tertiary/aromatic N) is 1. The van der Waals surface area contributed by atoms with Crippen LogP contribution in [0.5, 0.6) is 0 Å². The number of methoxy groups -OCH3 is 1. The number of hydrogen-bond acceptors (Lipinski definition) is 3. The number of halogens is 1. The van der Waals surface area contributed by atoms with Gasteiger partial charge in [-0.2, -0.15) is 0 Å². The van der Waals surface area contributed by atoms with E-state index in [1.165, 1.54) is 5.56 Å². The molecule has 0 spiro atoms. The summed E-state index contributed by atoms with van der Waals surface area (Å²) in [4.78, 5) is 7.39. The molecule has 4 nitrogen and oxygen atoms in total. The second-order valence-corrected chi connectivity index (χ2v) is 5.26. The van der Waals surface area contributed by atoms with Crippen molar-refractivity contribution in [2.24, 2.45) is 0 Å². The Morgan fingerprint density at radius 1 is 1.37 bits per heavy atom. The molecule has 2 N–H and O–H groups in total. The Morgan fingerprint density at radius 2 is 2.16 bits per heavy atom. The van der Waals surface area contributed by atoms with Crippen molar-refractivity contribution in [2.45, 2.75) is 19.0 Å². The number of rotatable bonds is 7. The summed E-state index contributed by atoms with van der Waals surface area (Å²) in [6.07, 6.45) is 2.70.